The normalized spacial score (nSPS) is 11.0. The first-order valence-corrected chi connectivity index (χ1v) is 5.45. The van der Waals surface area contributed by atoms with Crippen LogP contribution in [0.5, 0.6) is 0 Å². The summed E-state index contributed by atoms with van der Waals surface area (Å²) >= 11 is 0. The third-order valence-corrected chi connectivity index (χ3v) is 2.28. The van der Waals surface area contributed by atoms with E-state index >= 15 is 0 Å². The van der Waals surface area contributed by atoms with E-state index in [0.717, 1.165) is 0 Å². The van der Waals surface area contributed by atoms with Gasteiger partial charge in [0.2, 0.25) is 5.82 Å². The number of hydrogen-bond donors (Lipinski definition) is 1. The van der Waals surface area contributed by atoms with Crippen LogP contribution in [0.15, 0.2) is 29.5 Å². The minimum atomic E-state index is -0.163. The van der Waals surface area contributed by atoms with E-state index < -0.39 is 0 Å². The van der Waals surface area contributed by atoms with Gasteiger partial charge in [0.1, 0.15) is 5.82 Å². The van der Waals surface area contributed by atoms with Crippen molar-refractivity contribution in [3.63, 3.8) is 0 Å². The number of anilines is 1. The molecular weight excluding hydrogens is 218 g/mol. The van der Waals surface area contributed by atoms with Crippen LogP contribution in [0.2, 0.25) is 0 Å². The van der Waals surface area contributed by atoms with E-state index in [1.165, 1.54) is 4.68 Å². The molecular formula is C11H15N5O. The lowest BCUT2D eigenvalue weighted by atomic mass is 10.2. The summed E-state index contributed by atoms with van der Waals surface area (Å²) in [5, 5.41) is 3.98. The molecule has 0 aliphatic rings. The van der Waals surface area contributed by atoms with Crippen molar-refractivity contribution in [3.8, 4) is 5.82 Å². The highest BCUT2D eigenvalue weighted by Gasteiger charge is 2.08. The van der Waals surface area contributed by atoms with Gasteiger partial charge in [0, 0.05) is 31.2 Å². The summed E-state index contributed by atoms with van der Waals surface area (Å²) in [7, 11) is 0. The predicted molar refractivity (Wildman–Crippen MR) is 64.9 cm³/mol. The Hall–Kier alpha value is -2.11. The molecule has 0 saturated carbocycles. The Balaban J connectivity index is 2.46. The molecule has 0 spiro atoms. The first kappa shape index (κ1) is 11.4. The Morgan fingerprint density at radius 2 is 2.18 bits per heavy atom. The van der Waals surface area contributed by atoms with Crippen LogP contribution in [0.3, 0.4) is 0 Å². The van der Waals surface area contributed by atoms with Crippen molar-refractivity contribution in [1.82, 2.24) is 19.3 Å². The van der Waals surface area contributed by atoms with Gasteiger partial charge in [-0.25, -0.2) is 9.67 Å². The van der Waals surface area contributed by atoms with Crippen LogP contribution in [-0.2, 0) is 6.54 Å². The molecule has 2 aromatic rings. The Labute approximate surface area is 98.7 Å². The molecule has 0 amide bonds. The molecule has 90 valence electrons. The zero-order valence-electron chi connectivity index (χ0n) is 9.87. The highest BCUT2D eigenvalue weighted by Crippen LogP contribution is 2.02. The molecule has 17 heavy (non-hydrogen) atoms. The summed E-state index contributed by atoms with van der Waals surface area (Å²) in [6.07, 6.45) is 4.90. The van der Waals surface area contributed by atoms with Gasteiger partial charge in [-0.3, -0.25) is 4.79 Å². The van der Waals surface area contributed by atoms with Crippen molar-refractivity contribution in [2.45, 2.75) is 20.4 Å². The molecule has 0 atom stereocenters. The van der Waals surface area contributed by atoms with Crippen LogP contribution in [0.4, 0.5) is 5.82 Å². The van der Waals surface area contributed by atoms with Crippen LogP contribution in [0, 0.1) is 5.92 Å². The van der Waals surface area contributed by atoms with E-state index in [1.807, 2.05) is 0 Å². The average molecular weight is 233 g/mol. The number of nitrogens with two attached hydrogens (primary N) is 1. The molecule has 0 bridgehead atoms. The lowest BCUT2D eigenvalue weighted by Gasteiger charge is -2.09. The lowest BCUT2D eigenvalue weighted by Crippen LogP contribution is -2.27. The fourth-order valence-corrected chi connectivity index (χ4v) is 1.59. The molecule has 2 heterocycles. The van der Waals surface area contributed by atoms with Gasteiger partial charge in [-0.1, -0.05) is 13.8 Å². The Morgan fingerprint density at radius 1 is 1.41 bits per heavy atom. The standard InChI is InChI=1S/C11H15N5O/c1-8(2)7-15-6-4-13-10(11(15)17)16-5-3-9(12)14-16/h3-6,8H,7H2,1-2H3,(H2,12,14). The molecule has 0 aromatic carbocycles. The molecule has 6 heteroatoms. The van der Waals surface area contributed by atoms with E-state index in [4.69, 9.17) is 5.73 Å². The molecule has 2 rings (SSSR count). The maximum atomic E-state index is 12.1. The van der Waals surface area contributed by atoms with Gasteiger partial charge in [-0.15, -0.1) is 5.10 Å². The second kappa shape index (κ2) is 4.40. The van der Waals surface area contributed by atoms with Crippen molar-refractivity contribution in [2.24, 2.45) is 5.92 Å². The van der Waals surface area contributed by atoms with Gasteiger partial charge >= 0.3 is 0 Å². The monoisotopic (exact) mass is 233 g/mol. The number of hydrogen-bond acceptors (Lipinski definition) is 4. The van der Waals surface area contributed by atoms with Gasteiger partial charge in [-0.2, -0.15) is 0 Å². The first-order chi connectivity index (χ1) is 8.08. The van der Waals surface area contributed by atoms with Crippen LogP contribution >= 0.6 is 0 Å². The largest absolute Gasteiger partial charge is 0.382 e. The average Bonchev–Trinajstić information content (AvgIpc) is 2.67. The van der Waals surface area contributed by atoms with Crippen molar-refractivity contribution in [2.75, 3.05) is 5.73 Å². The molecule has 0 aliphatic heterocycles. The highest BCUT2D eigenvalue weighted by atomic mass is 16.1. The maximum Gasteiger partial charge on any atom is 0.295 e. The molecule has 0 fully saturated rings. The summed E-state index contributed by atoms with van der Waals surface area (Å²) in [5.41, 5.74) is 5.35. The van der Waals surface area contributed by atoms with Crippen molar-refractivity contribution >= 4 is 5.82 Å². The summed E-state index contributed by atoms with van der Waals surface area (Å²) < 4.78 is 3.03. The van der Waals surface area contributed by atoms with E-state index in [1.54, 1.807) is 29.2 Å². The predicted octanol–water partition coefficient (Wildman–Crippen LogP) is 0.667. The van der Waals surface area contributed by atoms with Crippen LogP contribution in [0.1, 0.15) is 13.8 Å². The fraction of sp³-hybridized carbons (Fsp3) is 0.364. The molecule has 6 nitrogen and oxygen atoms in total. The molecule has 2 N–H and O–H groups in total. The second-order valence-electron chi connectivity index (χ2n) is 4.29. The van der Waals surface area contributed by atoms with E-state index in [0.29, 0.717) is 18.3 Å². The van der Waals surface area contributed by atoms with Crippen molar-refractivity contribution in [1.29, 1.82) is 0 Å². The smallest absolute Gasteiger partial charge is 0.295 e. The van der Waals surface area contributed by atoms with Crippen molar-refractivity contribution < 1.29 is 0 Å². The van der Waals surface area contributed by atoms with Gasteiger partial charge < -0.3 is 10.3 Å². The minimum Gasteiger partial charge on any atom is -0.382 e. The van der Waals surface area contributed by atoms with Gasteiger partial charge in [0.05, 0.1) is 0 Å². The van der Waals surface area contributed by atoms with E-state index in [-0.39, 0.29) is 11.4 Å². The lowest BCUT2D eigenvalue weighted by molar-refractivity contribution is 0.506. The molecule has 2 aromatic heterocycles. The molecule has 0 saturated heterocycles. The van der Waals surface area contributed by atoms with Crippen LogP contribution in [-0.4, -0.2) is 19.3 Å². The molecule has 0 unspecified atom stereocenters. The Kier molecular flexibility index (Phi) is 2.95. The minimum absolute atomic E-state index is 0.163. The topological polar surface area (TPSA) is 78.7 Å². The zero-order valence-corrected chi connectivity index (χ0v) is 9.87. The third-order valence-electron chi connectivity index (χ3n) is 2.28. The third kappa shape index (κ3) is 2.35. The Morgan fingerprint density at radius 3 is 2.76 bits per heavy atom. The Bertz CT molecular complexity index is 569. The quantitative estimate of drug-likeness (QED) is 0.845. The number of aromatic nitrogens is 4. The number of nitrogens with zero attached hydrogens (tertiary/aromatic N) is 4. The second-order valence-corrected chi connectivity index (χ2v) is 4.29. The summed E-state index contributed by atoms with van der Waals surface area (Å²) in [6, 6.07) is 1.63. The van der Waals surface area contributed by atoms with Crippen molar-refractivity contribution in [3.05, 3.63) is 35.0 Å². The fourth-order valence-electron chi connectivity index (χ4n) is 1.59. The van der Waals surface area contributed by atoms with Gasteiger partial charge in [-0.05, 0) is 5.92 Å². The number of nitrogen functional groups attached to an aromatic ring is 1. The van der Waals surface area contributed by atoms with Crippen LogP contribution in [0.25, 0.3) is 5.82 Å². The summed E-state index contributed by atoms with van der Waals surface area (Å²) in [5.74, 6) is 1.03. The first-order valence-electron chi connectivity index (χ1n) is 5.45. The SMILES string of the molecule is CC(C)Cn1ccnc(-n2ccc(N)n2)c1=O. The molecule has 0 aliphatic carbocycles. The highest BCUT2D eigenvalue weighted by molar-refractivity contribution is 5.28. The van der Waals surface area contributed by atoms with E-state index in [9.17, 15) is 4.79 Å². The van der Waals surface area contributed by atoms with Crippen LogP contribution < -0.4 is 11.3 Å². The zero-order chi connectivity index (χ0) is 12.4. The summed E-state index contributed by atoms with van der Waals surface area (Å²) in [6.45, 7) is 4.77. The van der Waals surface area contributed by atoms with E-state index in [2.05, 4.69) is 23.9 Å². The number of rotatable bonds is 3. The van der Waals surface area contributed by atoms with Gasteiger partial charge in [0.25, 0.3) is 5.56 Å². The maximum absolute atomic E-state index is 12.1. The summed E-state index contributed by atoms with van der Waals surface area (Å²) in [4.78, 5) is 16.2. The van der Waals surface area contributed by atoms with Gasteiger partial charge in [0.15, 0.2) is 0 Å². The molecule has 0 radical (unpaired) electrons.